The van der Waals surface area contributed by atoms with Gasteiger partial charge in [0.05, 0.1) is 31.4 Å². The second-order valence-corrected chi connectivity index (χ2v) is 10.2. The van der Waals surface area contributed by atoms with E-state index in [2.05, 4.69) is 13.8 Å². The van der Waals surface area contributed by atoms with Crippen molar-refractivity contribution in [2.75, 3.05) is 13.7 Å². The van der Waals surface area contributed by atoms with Gasteiger partial charge in [0.15, 0.2) is 0 Å². The smallest absolute Gasteiger partial charge is 0.295 e. The first-order valence-electron chi connectivity index (χ1n) is 13.1. The largest absolute Gasteiger partial charge is 0.507 e. The van der Waals surface area contributed by atoms with Gasteiger partial charge in [0.25, 0.3) is 11.7 Å². The molecule has 0 aromatic heterocycles. The van der Waals surface area contributed by atoms with Crippen LogP contribution in [0.2, 0.25) is 0 Å². The van der Waals surface area contributed by atoms with Crippen LogP contribution in [0.3, 0.4) is 0 Å². The zero-order valence-corrected chi connectivity index (χ0v) is 23.0. The number of rotatable bonds is 10. The van der Waals surface area contributed by atoms with E-state index in [4.69, 9.17) is 14.2 Å². The normalized spacial score (nSPS) is 16.7. The number of likely N-dealkylation sites (tertiary alicyclic amines) is 1. The molecule has 0 aliphatic carbocycles. The van der Waals surface area contributed by atoms with Crippen LogP contribution in [0.4, 0.5) is 0 Å². The molecule has 1 fully saturated rings. The molecule has 1 atom stereocenters. The van der Waals surface area contributed by atoms with Gasteiger partial charge in [-0.1, -0.05) is 38.1 Å². The molecule has 1 amide bonds. The van der Waals surface area contributed by atoms with Crippen molar-refractivity contribution in [2.24, 2.45) is 5.92 Å². The van der Waals surface area contributed by atoms with Gasteiger partial charge < -0.3 is 24.2 Å². The molecule has 204 valence electrons. The van der Waals surface area contributed by atoms with Gasteiger partial charge >= 0.3 is 0 Å². The molecule has 1 N–H and O–H groups in total. The van der Waals surface area contributed by atoms with Crippen LogP contribution >= 0.6 is 0 Å². The number of hydrogen-bond donors (Lipinski definition) is 1. The van der Waals surface area contributed by atoms with Crippen LogP contribution in [0, 0.1) is 5.92 Å². The SMILES string of the molecule is COc1cccc(CN2C(=O)C(=O)/C(=C(\O)c3ccc(OCC(C)C)cc3)C2c2cccc(OC(C)C)c2)c1. The predicted molar refractivity (Wildman–Crippen MR) is 150 cm³/mol. The molecule has 7 heteroatoms. The second kappa shape index (κ2) is 12.1. The molecule has 1 unspecified atom stereocenters. The van der Waals surface area contributed by atoms with E-state index >= 15 is 0 Å². The summed E-state index contributed by atoms with van der Waals surface area (Å²) in [5, 5.41) is 11.4. The highest BCUT2D eigenvalue weighted by Gasteiger charge is 2.46. The number of Topliss-reactive ketones (excluding diaryl/α,β-unsaturated/α-hetero) is 1. The van der Waals surface area contributed by atoms with E-state index in [1.165, 1.54) is 4.90 Å². The number of amides is 1. The lowest BCUT2D eigenvalue weighted by Gasteiger charge is -2.26. The van der Waals surface area contributed by atoms with Gasteiger partial charge in [-0.25, -0.2) is 0 Å². The number of benzene rings is 3. The molecule has 39 heavy (non-hydrogen) atoms. The van der Waals surface area contributed by atoms with Crippen LogP contribution in [0.15, 0.2) is 78.4 Å². The fourth-order valence-electron chi connectivity index (χ4n) is 4.51. The van der Waals surface area contributed by atoms with Gasteiger partial charge in [-0.05, 0) is 79.4 Å². The number of ketones is 1. The molecular formula is C32H35NO6. The third-order valence-electron chi connectivity index (χ3n) is 6.28. The van der Waals surface area contributed by atoms with Crippen LogP contribution in [0.1, 0.15) is 50.4 Å². The summed E-state index contributed by atoms with van der Waals surface area (Å²) in [6.45, 7) is 8.69. The summed E-state index contributed by atoms with van der Waals surface area (Å²) in [5.74, 6) is 0.626. The number of nitrogens with zero attached hydrogens (tertiary/aromatic N) is 1. The Morgan fingerprint density at radius 2 is 1.59 bits per heavy atom. The molecule has 0 saturated carbocycles. The first kappa shape index (κ1) is 27.8. The molecule has 1 saturated heterocycles. The first-order chi connectivity index (χ1) is 18.7. The van der Waals surface area contributed by atoms with Gasteiger partial charge in [-0.3, -0.25) is 9.59 Å². The van der Waals surface area contributed by atoms with Gasteiger partial charge in [0.2, 0.25) is 0 Å². The van der Waals surface area contributed by atoms with E-state index in [0.29, 0.717) is 40.9 Å². The van der Waals surface area contributed by atoms with Gasteiger partial charge in [0, 0.05) is 12.1 Å². The monoisotopic (exact) mass is 529 g/mol. The standard InChI is InChI=1S/C32H35NO6/c1-20(2)19-38-25-14-12-23(13-15-25)30(34)28-29(24-9-7-11-27(17-24)39-21(3)4)33(32(36)31(28)35)18-22-8-6-10-26(16-22)37-5/h6-17,20-21,29,34H,18-19H2,1-5H3/b30-28-. The molecule has 0 bridgehead atoms. The molecule has 0 spiro atoms. The Morgan fingerprint density at radius 1 is 0.897 bits per heavy atom. The summed E-state index contributed by atoms with van der Waals surface area (Å²) in [6.07, 6.45) is -0.0557. The minimum atomic E-state index is -0.816. The van der Waals surface area contributed by atoms with Gasteiger partial charge in [0.1, 0.15) is 23.0 Å². The van der Waals surface area contributed by atoms with E-state index in [9.17, 15) is 14.7 Å². The molecule has 1 heterocycles. The van der Waals surface area contributed by atoms with Crippen LogP contribution < -0.4 is 14.2 Å². The lowest BCUT2D eigenvalue weighted by molar-refractivity contribution is -0.140. The number of hydrogen-bond acceptors (Lipinski definition) is 6. The number of ether oxygens (including phenoxy) is 3. The Bertz CT molecular complexity index is 1360. The number of carbonyl (C=O) groups is 2. The quantitative estimate of drug-likeness (QED) is 0.193. The molecule has 1 aliphatic rings. The topological polar surface area (TPSA) is 85.3 Å². The van der Waals surface area contributed by atoms with Crippen LogP contribution in [-0.2, 0) is 16.1 Å². The number of aliphatic hydroxyl groups excluding tert-OH is 1. The molecule has 0 radical (unpaired) electrons. The minimum Gasteiger partial charge on any atom is -0.507 e. The van der Waals surface area contributed by atoms with E-state index in [1.807, 2.05) is 62.4 Å². The van der Waals surface area contributed by atoms with Crippen molar-refractivity contribution in [3.63, 3.8) is 0 Å². The van der Waals surface area contributed by atoms with Crippen molar-refractivity contribution in [1.82, 2.24) is 4.90 Å². The predicted octanol–water partition coefficient (Wildman–Crippen LogP) is 6.14. The fourth-order valence-corrected chi connectivity index (χ4v) is 4.51. The third kappa shape index (κ3) is 6.42. The molecule has 3 aromatic rings. The molecule has 7 nitrogen and oxygen atoms in total. The van der Waals surface area contributed by atoms with Crippen molar-refractivity contribution >= 4 is 17.4 Å². The molecule has 4 rings (SSSR count). The Labute approximate surface area is 229 Å². The maximum Gasteiger partial charge on any atom is 0.295 e. The van der Waals surface area contributed by atoms with Crippen LogP contribution in [-0.4, -0.2) is 41.5 Å². The van der Waals surface area contributed by atoms with Crippen molar-refractivity contribution in [3.8, 4) is 17.2 Å². The summed E-state index contributed by atoms with van der Waals surface area (Å²) in [7, 11) is 1.57. The first-order valence-corrected chi connectivity index (χ1v) is 13.1. The van der Waals surface area contributed by atoms with Crippen molar-refractivity contribution in [3.05, 3.63) is 95.1 Å². The molecule has 1 aliphatic heterocycles. The second-order valence-electron chi connectivity index (χ2n) is 10.2. The summed E-state index contributed by atoms with van der Waals surface area (Å²) in [5.41, 5.74) is 1.91. The Morgan fingerprint density at radius 3 is 2.26 bits per heavy atom. The van der Waals surface area contributed by atoms with E-state index in [1.54, 1.807) is 31.4 Å². The average Bonchev–Trinajstić information content (AvgIpc) is 3.16. The zero-order chi connectivity index (χ0) is 28.1. The fraction of sp³-hybridized carbons (Fsp3) is 0.312. The molecular weight excluding hydrogens is 494 g/mol. The Kier molecular flexibility index (Phi) is 8.59. The lowest BCUT2D eigenvalue weighted by atomic mass is 9.95. The Balaban J connectivity index is 1.78. The van der Waals surface area contributed by atoms with Crippen molar-refractivity contribution < 1.29 is 28.9 Å². The summed E-state index contributed by atoms with van der Waals surface area (Å²) < 4.78 is 17.0. The zero-order valence-electron chi connectivity index (χ0n) is 23.0. The highest BCUT2D eigenvalue weighted by Crippen LogP contribution is 2.41. The molecule has 3 aromatic carbocycles. The van der Waals surface area contributed by atoms with Crippen LogP contribution in [0.25, 0.3) is 5.76 Å². The summed E-state index contributed by atoms with van der Waals surface area (Å²) in [4.78, 5) is 28.3. The minimum absolute atomic E-state index is 0.0282. The summed E-state index contributed by atoms with van der Waals surface area (Å²) in [6, 6.07) is 20.7. The third-order valence-corrected chi connectivity index (χ3v) is 6.28. The highest BCUT2D eigenvalue weighted by atomic mass is 16.5. The van der Waals surface area contributed by atoms with Crippen molar-refractivity contribution in [1.29, 1.82) is 0 Å². The number of methoxy groups -OCH3 is 1. The number of aliphatic hydroxyl groups is 1. The maximum atomic E-state index is 13.4. The van der Waals surface area contributed by atoms with Gasteiger partial charge in [-0.15, -0.1) is 0 Å². The highest BCUT2D eigenvalue weighted by molar-refractivity contribution is 6.46. The lowest BCUT2D eigenvalue weighted by Crippen LogP contribution is -2.29. The summed E-state index contributed by atoms with van der Waals surface area (Å²) >= 11 is 0. The van der Waals surface area contributed by atoms with Gasteiger partial charge in [-0.2, -0.15) is 0 Å². The van der Waals surface area contributed by atoms with E-state index in [0.717, 1.165) is 5.56 Å². The van der Waals surface area contributed by atoms with Crippen molar-refractivity contribution in [2.45, 2.75) is 46.4 Å². The number of carbonyl (C=O) groups excluding carboxylic acids is 2. The van der Waals surface area contributed by atoms with E-state index < -0.39 is 17.7 Å². The van der Waals surface area contributed by atoms with E-state index in [-0.39, 0.29) is 24.0 Å². The van der Waals surface area contributed by atoms with Crippen LogP contribution in [0.5, 0.6) is 17.2 Å². The Hall–Kier alpha value is -4.26. The average molecular weight is 530 g/mol. The maximum absolute atomic E-state index is 13.4.